The molecule has 0 atom stereocenters. The molecule has 1 amide bonds. The van der Waals surface area contributed by atoms with Crippen molar-refractivity contribution in [3.63, 3.8) is 0 Å². The average molecular weight is 289 g/mol. The molecule has 0 aliphatic heterocycles. The first kappa shape index (κ1) is 15.1. The van der Waals surface area contributed by atoms with Gasteiger partial charge in [0.1, 0.15) is 0 Å². The van der Waals surface area contributed by atoms with Gasteiger partial charge in [-0.05, 0) is 12.1 Å². The number of carbonyl (C=O) groups is 1. The quantitative estimate of drug-likeness (QED) is 0.613. The minimum Gasteiger partial charge on any atom is -0.383 e. The molecule has 0 fully saturated rings. The van der Waals surface area contributed by atoms with Crippen LogP contribution in [0.15, 0.2) is 30.7 Å². The Morgan fingerprint density at radius 2 is 2.10 bits per heavy atom. The second-order valence-electron chi connectivity index (χ2n) is 4.39. The molecule has 3 N–H and O–H groups in total. The van der Waals surface area contributed by atoms with E-state index in [1.807, 2.05) is 12.1 Å². The Kier molecular flexibility index (Phi) is 5.86. The van der Waals surface area contributed by atoms with E-state index in [2.05, 4.69) is 25.8 Å². The third-order valence-corrected chi connectivity index (χ3v) is 2.92. The van der Waals surface area contributed by atoms with E-state index in [-0.39, 0.29) is 5.91 Å². The zero-order valence-corrected chi connectivity index (χ0v) is 11.9. The Labute approximate surface area is 123 Å². The third-order valence-electron chi connectivity index (χ3n) is 2.92. The van der Waals surface area contributed by atoms with Gasteiger partial charge in [0.2, 0.25) is 0 Å². The maximum absolute atomic E-state index is 12.1. The average Bonchev–Trinajstić information content (AvgIpc) is 3.01. The van der Waals surface area contributed by atoms with Gasteiger partial charge >= 0.3 is 0 Å². The highest BCUT2D eigenvalue weighted by Crippen LogP contribution is 2.19. The van der Waals surface area contributed by atoms with Crippen LogP contribution in [-0.2, 0) is 4.74 Å². The Hall–Kier alpha value is -2.25. The summed E-state index contributed by atoms with van der Waals surface area (Å²) in [6.07, 6.45) is 4.89. The van der Waals surface area contributed by atoms with Crippen molar-refractivity contribution < 1.29 is 9.53 Å². The van der Waals surface area contributed by atoms with Crippen LogP contribution in [-0.4, -0.2) is 54.4 Å². The molecule has 0 aliphatic rings. The van der Waals surface area contributed by atoms with E-state index < -0.39 is 0 Å². The molecule has 2 aromatic heterocycles. The fourth-order valence-electron chi connectivity index (χ4n) is 1.86. The summed E-state index contributed by atoms with van der Waals surface area (Å²) in [5.74, 6) is -0.149. The number of nitrogens with zero attached hydrogens (tertiary/aromatic N) is 2. The van der Waals surface area contributed by atoms with Gasteiger partial charge in [-0.15, -0.1) is 0 Å². The lowest BCUT2D eigenvalue weighted by Crippen LogP contribution is -2.33. The van der Waals surface area contributed by atoms with Crippen molar-refractivity contribution in [2.75, 3.05) is 33.4 Å². The highest BCUT2D eigenvalue weighted by atomic mass is 16.5. The molecule has 0 bridgehead atoms. The molecule has 0 saturated carbocycles. The van der Waals surface area contributed by atoms with Crippen LogP contribution in [0.2, 0.25) is 0 Å². The second-order valence-corrected chi connectivity index (χ2v) is 4.39. The molecule has 0 aliphatic carbocycles. The van der Waals surface area contributed by atoms with Gasteiger partial charge in [0.15, 0.2) is 0 Å². The molecule has 21 heavy (non-hydrogen) atoms. The molecule has 2 aromatic rings. The number of aromatic nitrogens is 3. The van der Waals surface area contributed by atoms with Crippen molar-refractivity contribution in [2.45, 2.75) is 0 Å². The molecule has 0 aromatic carbocycles. The van der Waals surface area contributed by atoms with Crippen LogP contribution in [0, 0.1) is 0 Å². The highest BCUT2D eigenvalue weighted by molar-refractivity contribution is 5.99. The van der Waals surface area contributed by atoms with Gasteiger partial charge in [0.25, 0.3) is 5.91 Å². The summed E-state index contributed by atoms with van der Waals surface area (Å²) in [4.78, 5) is 16.1. The number of ether oxygens (including phenoxy) is 1. The lowest BCUT2D eigenvalue weighted by atomic mass is 10.1. The number of carbonyl (C=O) groups excluding carboxylic acids is 1. The maximum atomic E-state index is 12.1. The number of pyridine rings is 1. The van der Waals surface area contributed by atoms with E-state index in [0.717, 1.165) is 12.1 Å². The fourth-order valence-corrected chi connectivity index (χ4v) is 1.86. The molecule has 0 saturated heterocycles. The largest absolute Gasteiger partial charge is 0.383 e. The standard InChI is InChI=1S/C14H19N5O2/c1-21-9-8-16-6-7-17-14(20)12-10-18-19-13(12)11-2-4-15-5-3-11/h2-5,10,16H,6-9H2,1H3,(H,17,20)(H,18,19). The molecule has 7 heteroatoms. The lowest BCUT2D eigenvalue weighted by molar-refractivity contribution is 0.0954. The molecule has 112 valence electrons. The van der Waals surface area contributed by atoms with Crippen LogP contribution >= 0.6 is 0 Å². The number of aromatic amines is 1. The topological polar surface area (TPSA) is 91.9 Å². The zero-order valence-electron chi connectivity index (χ0n) is 11.9. The molecule has 0 spiro atoms. The van der Waals surface area contributed by atoms with Crippen LogP contribution in [0.25, 0.3) is 11.3 Å². The number of hydrogen-bond acceptors (Lipinski definition) is 5. The van der Waals surface area contributed by atoms with E-state index in [1.54, 1.807) is 19.5 Å². The van der Waals surface area contributed by atoms with Crippen molar-refractivity contribution in [3.8, 4) is 11.3 Å². The first-order valence-corrected chi connectivity index (χ1v) is 6.74. The Balaban J connectivity index is 1.88. The molecule has 0 unspecified atom stereocenters. The number of H-pyrrole nitrogens is 1. The van der Waals surface area contributed by atoms with Crippen LogP contribution in [0.3, 0.4) is 0 Å². The predicted octanol–water partition coefficient (Wildman–Crippen LogP) is 0.438. The summed E-state index contributed by atoms with van der Waals surface area (Å²) in [5.41, 5.74) is 2.10. The van der Waals surface area contributed by atoms with Crippen molar-refractivity contribution in [3.05, 3.63) is 36.3 Å². The van der Waals surface area contributed by atoms with Gasteiger partial charge in [-0.1, -0.05) is 0 Å². The summed E-state index contributed by atoms with van der Waals surface area (Å²) < 4.78 is 4.93. The third kappa shape index (κ3) is 4.37. The molecular formula is C14H19N5O2. The van der Waals surface area contributed by atoms with Gasteiger partial charge in [-0.3, -0.25) is 14.9 Å². The van der Waals surface area contributed by atoms with Gasteiger partial charge in [-0.25, -0.2) is 0 Å². The van der Waals surface area contributed by atoms with Crippen LogP contribution in [0.1, 0.15) is 10.4 Å². The summed E-state index contributed by atoms with van der Waals surface area (Å²) in [6.45, 7) is 2.66. The minimum absolute atomic E-state index is 0.149. The Bertz CT molecular complexity index is 556. The molecule has 2 rings (SSSR count). The molecule has 7 nitrogen and oxygen atoms in total. The summed E-state index contributed by atoms with van der Waals surface area (Å²) >= 11 is 0. The normalized spacial score (nSPS) is 10.5. The SMILES string of the molecule is COCCNCCNC(=O)c1cn[nH]c1-c1ccncc1. The summed E-state index contributed by atoms with van der Waals surface area (Å²) in [5, 5.41) is 12.8. The van der Waals surface area contributed by atoms with Crippen molar-refractivity contribution in [1.29, 1.82) is 0 Å². The van der Waals surface area contributed by atoms with Crippen molar-refractivity contribution in [1.82, 2.24) is 25.8 Å². The van der Waals surface area contributed by atoms with Gasteiger partial charge in [0.05, 0.1) is 24.1 Å². The molecule has 0 radical (unpaired) electrons. The maximum Gasteiger partial charge on any atom is 0.255 e. The number of amides is 1. The fraction of sp³-hybridized carbons (Fsp3) is 0.357. The Morgan fingerprint density at radius 3 is 2.86 bits per heavy atom. The summed E-state index contributed by atoms with van der Waals surface area (Å²) in [7, 11) is 1.66. The lowest BCUT2D eigenvalue weighted by Gasteiger charge is -2.07. The van der Waals surface area contributed by atoms with E-state index in [4.69, 9.17) is 4.74 Å². The van der Waals surface area contributed by atoms with Crippen LogP contribution in [0.4, 0.5) is 0 Å². The van der Waals surface area contributed by atoms with Crippen molar-refractivity contribution >= 4 is 5.91 Å². The van der Waals surface area contributed by atoms with Gasteiger partial charge in [-0.2, -0.15) is 5.10 Å². The van der Waals surface area contributed by atoms with E-state index in [1.165, 1.54) is 6.20 Å². The van der Waals surface area contributed by atoms with E-state index in [0.29, 0.717) is 31.0 Å². The highest BCUT2D eigenvalue weighted by Gasteiger charge is 2.14. The second kappa shape index (κ2) is 8.13. The number of nitrogens with one attached hydrogen (secondary N) is 3. The number of hydrogen-bond donors (Lipinski definition) is 3. The van der Waals surface area contributed by atoms with E-state index >= 15 is 0 Å². The zero-order chi connectivity index (χ0) is 14.9. The van der Waals surface area contributed by atoms with Crippen LogP contribution < -0.4 is 10.6 Å². The Morgan fingerprint density at radius 1 is 1.29 bits per heavy atom. The minimum atomic E-state index is -0.149. The van der Waals surface area contributed by atoms with Gasteiger partial charge < -0.3 is 15.4 Å². The molecule has 2 heterocycles. The predicted molar refractivity (Wildman–Crippen MR) is 78.9 cm³/mol. The number of methoxy groups -OCH3 is 1. The first-order chi connectivity index (χ1) is 10.3. The van der Waals surface area contributed by atoms with E-state index in [9.17, 15) is 4.79 Å². The number of rotatable bonds is 8. The smallest absolute Gasteiger partial charge is 0.255 e. The summed E-state index contributed by atoms with van der Waals surface area (Å²) in [6, 6.07) is 3.66. The monoisotopic (exact) mass is 289 g/mol. The first-order valence-electron chi connectivity index (χ1n) is 6.74. The van der Waals surface area contributed by atoms with Crippen molar-refractivity contribution in [2.24, 2.45) is 0 Å². The van der Waals surface area contributed by atoms with Crippen LogP contribution in [0.5, 0.6) is 0 Å². The van der Waals surface area contributed by atoms with Gasteiger partial charge in [0, 0.05) is 44.7 Å². The molecular weight excluding hydrogens is 270 g/mol.